The van der Waals surface area contributed by atoms with Gasteiger partial charge in [0, 0.05) is 12.1 Å². The fraction of sp³-hybridized carbons (Fsp3) is 0.700. The fourth-order valence-electron chi connectivity index (χ4n) is 2.35. The molecule has 1 aromatic heterocycles. The highest BCUT2D eigenvalue weighted by atomic mass is 19.4. The summed E-state index contributed by atoms with van der Waals surface area (Å²) < 4.78 is 39.7. The van der Waals surface area contributed by atoms with Crippen molar-refractivity contribution in [3.8, 4) is 0 Å². The Morgan fingerprint density at radius 3 is 2.75 bits per heavy atom. The van der Waals surface area contributed by atoms with Crippen LogP contribution in [0.25, 0.3) is 0 Å². The largest absolute Gasteiger partial charge is 0.410 e. The second kappa shape index (κ2) is 3.15. The topological polar surface area (TPSA) is 29.9 Å². The lowest BCUT2D eigenvalue weighted by Gasteiger charge is -2.33. The number of aromatic nitrogens is 2. The molecule has 0 unspecified atom stereocenters. The van der Waals surface area contributed by atoms with Gasteiger partial charge >= 0.3 is 6.18 Å². The molecule has 1 aromatic rings. The predicted molar refractivity (Wildman–Crippen MR) is 52.1 cm³/mol. The Labute approximate surface area is 90.6 Å². The highest BCUT2D eigenvalue weighted by Crippen LogP contribution is 2.45. The van der Waals surface area contributed by atoms with E-state index in [2.05, 4.69) is 10.4 Å². The minimum absolute atomic E-state index is 0.0455. The van der Waals surface area contributed by atoms with Crippen molar-refractivity contribution >= 4 is 5.82 Å². The normalized spacial score (nSPS) is 29.7. The Morgan fingerprint density at radius 1 is 1.38 bits per heavy atom. The van der Waals surface area contributed by atoms with Crippen molar-refractivity contribution in [2.45, 2.75) is 37.5 Å². The minimum atomic E-state index is -4.21. The van der Waals surface area contributed by atoms with Crippen molar-refractivity contribution in [2.75, 3.05) is 5.32 Å². The zero-order valence-corrected chi connectivity index (χ0v) is 8.54. The average Bonchev–Trinajstić information content (AvgIpc) is 2.94. The van der Waals surface area contributed by atoms with Crippen molar-refractivity contribution < 1.29 is 13.2 Å². The Bertz CT molecular complexity index is 394. The zero-order chi connectivity index (χ0) is 11.3. The molecule has 1 aliphatic carbocycles. The van der Waals surface area contributed by atoms with Crippen LogP contribution in [0.3, 0.4) is 0 Å². The van der Waals surface area contributed by atoms with Gasteiger partial charge in [0.25, 0.3) is 0 Å². The third-order valence-corrected chi connectivity index (χ3v) is 3.34. The van der Waals surface area contributed by atoms with Crippen molar-refractivity contribution in [3.63, 3.8) is 0 Å². The Kier molecular flexibility index (Phi) is 1.96. The molecule has 3 nitrogen and oxygen atoms in total. The lowest BCUT2D eigenvalue weighted by Crippen LogP contribution is -2.40. The maximum atomic E-state index is 12.9. The van der Waals surface area contributed by atoms with E-state index in [0.717, 1.165) is 17.5 Å². The highest BCUT2D eigenvalue weighted by molar-refractivity contribution is 5.39. The summed E-state index contributed by atoms with van der Waals surface area (Å²) in [7, 11) is 0. The third kappa shape index (κ3) is 1.56. The van der Waals surface area contributed by atoms with Crippen LogP contribution in [0.5, 0.6) is 0 Å². The molecular formula is C10H12F3N3. The Hall–Kier alpha value is -1.20. The summed E-state index contributed by atoms with van der Waals surface area (Å²) in [6.07, 6.45) is -0.623. The summed E-state index contributed by atoms with van der Waals surface area (Å²) in [5.41, 5.74) is 0. The van der Waals surface area contributed by atoms with Crippen LogP contribution in [-0.2, 0) is 0 Å². The summed E-state index contributed by atoms with van der Waals surface area (Å²) in [5, 5.41) is 6.89. The summed E-state index contributed by atoms with van der Waals surface area (Å²) in [6.45, 7) is 0. The molecule has 0 amide bonds. The van der Waals surface area contributed by atoms with Crippen LogP contribution >= 0.6 is 0 Å². The van der Waals surface area contributed by atoms with Crippen LogP contribution in [-0.4, -0.2) is 22.0 Å². The first-order chi connectivity index (χ1) is 7.55. The van der Waals surface area contributed by atoms with Crippen molar-refractivity contribution in [3.05, 3.63) is 12.3 Å². The highest BCUT2D eigenvalue weighted by Gasteiger charge is 2.48. The van der Waals surface area contributed by atoms with E-state index >= 15 is 0 Å². The molecule has 2 atom stereocenters. The molecule has 0 saturated heterocycles. The van der Waals surface area contributed by atoms with E-state index in [-0.39, 0.29) is 12.5 Å². The molecule has 6 heteroatoms. The first-order valence-corrected chi connectivity index (χ1v) is 5.42. The summed E-state index contributed by atoms with van der Waals surface area (Å²) in [5.74, 6) is 0.902. The van der Waals surface area contributed by atoms with Crippen molar-refractivity contribution in [1.82, 2.24) is 9.78 Å². The van der Waals surface area contributed by atoms with Crippen molar-refractivity contribution in [1.29, 1.82) is 0 Å². The molecule has 16 heavy (non-hydrogen) atoms. The standard InChI is InChI=1S/C10H12F3N3/c11-10(12,13)8-5-7(6-1-2-6)15-9-3-4-14-16(8)9/h3-4,6-8,15H,1-2,5H2/t7-,8+/m0/s1. The van der Waals surface area contributed by atoms with Crippen LogP contribution in [0.4, 0.5) is 19.0 Å². The molecule has 3 rings (SSSR count). The summed E-state index contributed by atoms with van der Waals surface area (Å²) in [4.78, 5) is 0. The molecule has 1 aliphatic heterocycles. The predicted octanol–water partition coefficient (Wildman–Crippen LogP) is 2.58. The van der Waals surface area contributed by atoms with Crippen LogP contribution in [0.1, 0.15) is 25.3 Å². The molecule has 1 N–H and O–H groups in total. The van der Waals surface area contributed by atoms with Gasteiger partial charge in [-0.1, -0.05) is 0 Å². The van der Waals surface area contributed by atoms with Crippen molar-refractivity contribution in [2.24, 2.45) is 5.92 Å². The first kappa shape index (κ1) is 9.99. The number of rotatable bonds is 1. The van der Waals surface area contributed by atoms with E-state index in [4.69, 9.17) is 0 Å². The monoisotopic (exact) mass is 231 g/mol. The van der Waals surface area contributed by atoms with E-state index in [9.17, 15) is 13.2 Å². The molecule has 2 aliphatic rings. The number of hydrogen-bond acceptors (Lipinski definition) is 2. The van der Waals surface area contributed by atoms with E-state index in [1.165, 1.54) is 6.20 Å². The van der Waals surface area contributed by atoms with E-state index < -0.39 is 12.2 Å². The minimum Gasteiger partial charge on any atom is -0.367 e. The van der Waals surface area contributed by atoms with Gasteiger partial charge in [-0.25, -0.2) is 4.68 Å². The van der Waals surface area contributed by atoms with Gasteiger partial charge in [0.1, 0.15) is 5.82 Å². The van der Waals surface area contributed by atoms with E-state index in [1.807, 2.05) is 0 Å². The second-order valence-electron chi connectivity index (χ2n) is 4.54. The maximum Gasteiger partial charge on any atom is 0.410 e. The molecule has 2 heterocycles. The SMILES string of the molecule is FC(F)(F)[C@H]1C[C@@H](C2CC2)Nc2ccnn21. The molecule has 1 saturated carbocycles. The number of nitrogens with zero attached hydrogens (tertiary/aromatic N) is 2. The smallest absolute Gasteiger partial charge is 0.367 e. The van der Waals surface area contributed by atoms with Gasteiger partial charge in [0.2, 0.25) is 0 Å². The molecular weight excluding hydrogens is 219 g/mol. The number of hydrogen-bond donors (Lipinski definition) is 1. The number of anilines is 1. The number of fused-ring (bicyclic) bond motifs is 1. The van der Waals surface area contributed by atoms with E-state index in [0.29, 0.717) is 11.7 Å². The quantitative estimate of drug-likeness (QED) is 0.805. The fourth-order valence-corrected chi connectivity index (χ4v) is 2.35. The second-order valence-corrected chi connectivity index (χ2v) is 4.54. The third-order valence-electron chi connectivity index (χ3n) is 3.34. The zero-order valence-electron chi connectivity index (χ0n) is 8.54. The average molecular weight is 231 g/mol. The molecule has 0 radical (unpaired) electrons. The lowest BCUT2D eigenvalue weighted by molar-refractivity contribution is -0.174. The number of nitrogens with one attached hydrogen (secondary N) is 1. The summed E-state index contributed by atoms with van der Waals surface area (Å²) in [6, 6.07) is 0.0907. The first-order valence-electron chi connectivity index (χ1n) is 5.42. The Morgan fingerprint density at radius 2 is 2.12 bits per heavy atom. The van der Waals surface area contributed by atoms with Gasteiger partial charge in [-0.15, -0.1) is 0 Å². The van der Waals surface area contributed by atoms with Gasteiger partial charge in [-0.05, 0) is 25.2 Å². The molecule has 0 bridgehead atoms. The van der Waals surface area contributed by atoms with Crippen LogP contribution in [0.2, 0.25) is 0 Å². The van der Waals surface area contributed by atoms with E-state index in [1.54, 1.807) is 6.07 Å². The lowest BCUT2D eigenvalue weighted by atomic mass is 10.0. The maximum absolute atomic E-state index is 12.9. The van der Waals surface area contributed by atoms with Crippen LogP contribution < -0.4 is 5.32 Å². The molecule has 1 fully saturated rings. The molecule has 0 spiro atoms. The van der Waals surface area contributed by atoms with Crippen LogP contribution in [0.15, 0.2) is 12.3 Å². The van der Waals surface area contributed by atoms with Gasteiger partial charge in [0.15, 0.2) is 6.04 Å². The Balaban J connectivity index is 1.93. The van der Waals surface area contributed by atoms with Gasteiger partial charge in [0.05, 0.1) is 6.20 Å². The van der Waals surface area contributed by atoms with Gasteiger partial charge in [-0.3, -0.25) is 0 Å². The van der Waals surface area contributed by atoms with Crippen LogP contribution in [0, 0.1) is 5.92 Å². The number of halogens is 3. The molecule has 88 valence electrons. The summed E-state index contributed by atoms with van der Waals surface area (Å²) >= 11 is 0. The number of alkyl halides is 3. The van der Waals surface area contributed by atoms with Gasteiger partial charge < -0.3 is 5.32 Å². The van der Waals surface area contributed by atoms with Gasteiger partial charge in [-0.2, -0.15) is 18.3 Å². The molecule has 0 aromatic carbocycles.